The summed E-state index contributed by atoms with van der Waals surface area (Å²) in [5.74, 6) is -1.69. The van der Waals surface area contributed by atoms with E-state index < -0.39 is 5.97 Å². The highest BCUT2D eigenvalue weighted by molar-refractivity contribution is 9.10. The molecule has 0 aliphatic rings. The van der Waals surface area contributed by atoms with Crippen LogP contribution in [0.3, 0.4) is 0 Å². The van der Waals surface area contributed by atoms with Gasteiger partial charge in [0.1, 0.15) is 11.3 Å². The van der Waals surface area contributed by atoms with Gasteiger partial charge in [-0.3, -0.25) is 5.41 Å². The third-order valence-corrected chi connectivity index (χ3v) is 2.49. The molecule has 3 N–H and O–H groups in total. The van der Waals surface area contributed by atoms with Crippen LogP contribution >= 0.6 is 15.9 Å². The fraction of sp³-hybridized carbons (Fsp3) is 0.0909. The molecular weight excluding hydrogens is 274 g/mol. The summed E-state index contributed by atoms with van der Waals surface area (Å²) in [5.41, 5.74) is -0.156. The third-order valence-electron chi connectivity index (χ3n) is 1.96. The number of aliphatic hydroxyl groups is 1. The van der Waals surface area contributed by atoms with Crippen LogP contribution in [0.1, 0.15) is 12.5 Å². The quantitative estimate of drug-likeness (QED) is 0.453. The van der Waals surface area contributed by atoms with Crippen molar-refractivity contribution in [3.63, 3.8) is 0 Å². The molecule has 4 nitrogen and oxygen atoms in total. The molecule has 84 valence electrons. The number of rotatable bonds is 3. The van der Waals surface area contributed by atoms with E-state index in [1.165, 1.54) is 6.92 Å². The Labute approximate surface area is 101 Å². The maximum absolute atomic E-state index is 10.9. The van der Waals surface area contributed by atoms with Gasteiger partial charge in [0.2, 0.25) is 0 Å². The van der Waals surface area contributed by atoms with Gasteiger partial charge in [-0.2, -0.15) is 0 Å². The van der Waals surface area contributed by atoms with E-state index >= 15 is 0 Å². The zero-order valence-electron chi connectivity index (χ0n) is 8.49. The Hall–Kier alpha value is -1.62. The molecule has 1 aromatic carbocycles. The second-order valence-corrected chi connectivity index (χ2v) is 4.06. The number of nitrogens with one attached hydrogen (secondary N) is 1. The molecule has 0 unspecified atom stereocenters. The Kier molecular flexibility index (Phi) is 3.84. The number of carboxylic acid groups (broad SMARTS) is 1. The molecule has 1 aromatic rings. The van der Waals surface area contributed by atoms with Gasteiger partial charge in [-0.05, 0) is 19.1 Å². The smallest absolute Gasteiger partial charge is 0.341 e. The van der Waals surface area contributed by atoms with Gasteiger partial charge >= 0.3 is 5.97 Å². The molecule has 0 bridgehead atoms. The molecule has 0 spiro atoms. The van der Waals surface area contributed by atoms with Crippen molar-refractivity contribution >= 4 is 27.6 Å². The summed E-state index contributed by atoms with van der Waals surface area (Å²) in [6.45, 7) is 1.25. The molecule has 0 aromatic heterocycles. The zero-order chi connectivity index (χ0) is 12.3. The van der Waals surface area contributed by atoms with Gasteiger partial charge in [0.15, 0.2) is 0 Å². The molecule has 1 rings (SSSR count). The highest BCUT2D eigenvalue weighted by Gasteiger charge is 2.18. The van der Waals surface area contributed by atoms with Crippen LogP contribution in [0.4, 0.5) is 0 Å². The maximum Gasteiger partial charge on any atom is 0.341 e. The van der Waals surface area contributed by atoms with E-state index in [4.69, 9.17) is 10.5 Å². The minimum Gasteiger partial charge on any atom is -0.512 e. The van der Waals surface area contributed by atoms with Gasteiger partial charge in [0.25, 0.3) is 0 Å². The predicted molar refractivity (Wildman–Crippen MR) is 63.9 cm³/mol. The molecule has 0 saturated heterocycles. The van der Waals surface area contributed by atoms with Crippen LogP contribution in [-0.2, 0) is 4.79 Å². The predicted octanol–water partition coefficient (Wildman–Crippen LogP) is 2.73. The lowest BCUT2D eigenvalue weighted by Crippen LogP contribution is -2.14. The Bertz CT molecular complexity index is 459. The number of hydrogen-bond acceptors (Lipinski definition) is 3. The Morgan fingerprint density at radius 1 is 1.25 bits per heavy atom. The molecule has 5 heteroatoms. The van der Waals surface area contributed by atoms with Gasteiger partial charge in [0, 0.05) is 10.0 Å². The topological polar surface area (TPSA) is 81.4 Å². The number of carboxylic acids is 1. The first-order valence-corrected chi connectivity index (χ1v) is 5.20. The number of allylic oxidation sites excluding steroid dienone is 1. The second-order valence-electron chi connectivity index (χ2n) is 3.15. The van der Waals surface area contributed by atoms with Crippen molar-refractivity contribution in [1.29, 1.82) is 5.41 Å². The normalized spacial score (nSPS) is 11.9. The Morgan fingerprint density at radius 2 is 1.75 bits per heavy atom. The van der Waals surface area contributed by atoms with Crippen LogP contribution < -0.4 is 0 Å². The fourth-order valence-electron chi connectivity index (χ4n) is 1.20. The van der Waals surface area contributed by atoms with Gasteiger partial charge in [0.05, 0.1) is 5.71 Å². The van der Waals surface area contributed by atoms with Gasteiger partial charge < -0.3 is 10.2 Å². The summed E-state index contributed by atoms with van der Waals surface area (Å²) in [4.78, 5) is 10.9. The Balaban J connectivity index is 3.16. The maximum atomic E-state index is 10.9. The highest BCUT2D eigenvalue weighted by Crippen LogP contribution is 2.15. The van der Waals surface area contributed by atoms with Crippen molar-refractivity contribution in [2.24, 2.45) is 0 Å². The summed E-state index contributed by atoms with van der Waals surface area (Å²) >= 11 is 3.24. The van der Waals surface area contributed by atoms with E-state index in [0.29, 0.717) is 5.56 Å². The van der Waals surface area contributed by atoms with Crippen LogP contribution in [0.5, 0.6) is 0 Å². The van der Waals surface area contributed by atoms with Crippen LogP contribution in [0.25, 0.3) is 0 Å². The summed E-state index contributed by atoms with van der Waals surface area (Å²) in [7, 11) is 0. The molecule has 0 atom stereocenters. The molecule has 0 aliphatic carbocycles. The Morgan fingerprint density at radius 3 is 2.12 bits per heavy atom. The van der Waals surface area contributed by atoms with Gasteiger partial charge in [-0.1, -0.05) is 28.1 Å². The van der Waals surface area contributed by atoms with Crippen LogP contribution in [-0.4, -0.2) is 21.9 Å². The monoisotopic (exact) mass is 283 g/mol. The SMILES string of the molecule is CC(O)=C(C(=N)c1ccc(Br)cc1)C(=O)O. The second kappa shape index (κ2) is 4.94. The number of halogens is 1. The van der Waals surface area contributed by atoms with Crippen molar-refractivity contribution in [2.45, 2.75) is 6.92 Å². The molecule has 0 aliphatic heterocycles. The van der Waals surface area contributed by atoms with Crippen LogP contribution in [0.15, 0.2) is 40.1 Å². The van der Waals surface area contributed by atoms with E-state index in [2.05, 4.69) is 15.9 Å². The van der Waals surface area contributed by atoms with Crippen molar-refractivity contribution in [3.8, 4) is 0 Å². The third kappa shape index (κ3) is 2.70. The molecule has 16 heavy (non-hydrogen) atoms. The average Bonchev–Trinajstić information content (AvgIpc) is 2.17. The minimum absolute atomic E-state index is 0.208. The van der Waals surface area contributed by atoms with E-state index in [0.717, 1.165) is 4.47 Å². The number of hydrogen-bond donors (Lipinski definition) is 3. The van der Waals surface area contributed by atoms with Crippen LogP contribution in [0, 0.1) is 5.41 Å². The van der Waals surface area contributed by atoms with Gasteiger partial charge in [-0.15, -0.1) is 0 Å². The zero-order valence-corrected chi connectivity index (χ0v) is 10.1. The molecule has 0 amide bonds. The highest BCUT2D eigenvalue weighted by atomic mass is 79.9. The number of aliphatic carboxylic acids is 1. The van der Waals surface area contributed by atoms with Gasteiger partial charge in [-0.25, -0.2) is 4.79 Å². The van der Waals surface area contributed by atoms with E-state index in [1.807, 2.05) is 0 Å². The lowest BCUT2D eigenvalue weighted by atomic mass is 10.0. The lowest BCUT2D eigenvalue weighted by Gasteiger charge is -2.06. The summed E-state index contributed by atoms with van der Waals surface area (Å²) in [6.07, 6.45) is 0. The molecule has 0 heterocycles. The van der Waals surface area contributed by atoms with Crippen molar-refractivity contribution in [2.75, 3.05) is 0 Å². The number of carbonyl (C=O) groups is 1. The molecular formula is C11H10BrNO3. The largest absolute Gasteiger partial charge is 0.512 e. The van der Waals surface area contributed by atoms with Crippen LogP contribution in [0.2, 0.25) is 0 Å². The number of aliphatic hydroxyl groups excluding tert-OH is 1. The first-order valence-electron chi connectivity index (χ1n) is 4.41. The van der Waals surface area contributed by atoms with E-state index in [1.54, 1.807) is 24.3 Å². The summed E-state index contributed by atoms with van der Waals surface area (Å²) in [6, 6.07) is 6.63. The van der Waals surface area contributed by atoms with Crippen molar-refractivity contribution < 1.29 is 15.0 Å². The van der Waals surface area contributed by atoms with E-state index in [9.17, 15) is 9.90 Å². The van der Waals surface area contributed by atoms with Crippen molar-refractivity contribution in [3.05, 3.63) is 45.6 Å². The van der Waals surface area contributed by atoms with E-state index in [-0.39, 0.29) is 17.0 Å². The summed E-state index contributed by atoms with van der Waals surface area (Å²) < 4.78 is 0.839. The number of benzene rings is 1. The minimum atomic E-state index is -1.31. The first kappa shape index (κ1) is 12.4. The summed E-state index contributed by atoms with van der Waals surface area (Å²) in [5, 5.41) is 25.8. The first-order chi connectivity index (χ1) is 7.43. The molecule has 0 fully saturated rings. The lowest BCUT2D eigenvalue weighted by molar-refractivity contribution is -0.132. The fourth-order valence-corrected chi connectivity index (χ4v) is 1.47. The average molecular weight is 284 g/mol. The standard InChI is InChI=1S/C11H10BrNO3/c1-6(14)9(11(15)16)10(13)7-2-4-8(12)5-3-7/h2-5,13-14H,1H3,(H,15,16). The molecule has 0 radical (unpaired) electrons. The molecule has 0 saturated carbocycles. The van der Waals surface area contributed by atoms with Crippen molar-refractivity contribution in [1.82, 2.24) is 0 Å².